The van der Waals surface area contributed by atoms with Gasteiger partial charge in [0.25, 0.3) is 15.7 Å². The molecule has 0 amide bonds. The van der Waals surface area contributed by atoms with Crippen LogP contribution in [-0.2, 0) is 10.0 Å². The predicted octanol–water partition coefficient (Wildman–Crippen LogP) is 5.88. The fraction of sp³-hybridized carbons (Fsp3) is 0.200. The van der Waals surface area contributed by atoms with Gasteiger partial charge in [0.2, 0.25) is 0 Å². The molecule has 1 aliphatic heterocycles. The lowest BCUT2D eigenvalue weighted by molar-refractivity contribution is -0.384. The monoisotopic (exact) mass is 511 g/mol. The van der Waals surface area contributed by atoms with Crippen molar-refractivity contribution in [2.24, 2.45) is 5.92 Å². The SMILES string of the molecule is COc1ccc(Cl)cc1NS(=O)(=O)c1ccc2c(c1)[C@H]1C=CC[C@H]1[C@@H](c1cccc([N+](=O)[O-])c1)N2. The number of nitrogens with one attached hydrogen (secondary N) is 2. The molecule has 0 radical (unpaired) electrons. The molecular formula is C25H22ClN3O5S. The standard InChI is InChI=1S/C25H22ClN3O5S/c1-34-24-11-8-16(26)13-23(24)28-35(32,33)18-9-10-22-21(14-18)19-6-3-7-20(19)25(27-22)15-4-2-5-17(12-15)29(30)31/h2-6,8-14,19-20,25,27-28H,7H2,1H3/t19-,20+,25+/m0/s1. The molecule has 0 saturated carbocycles. The number of sulfonamides is 1. The number of rotatable bonds is 6. The number of hydrogen-bond donors (Lipinski definition) is 2. The van der Waals surface area contributed by atoms with E-state index in [-0.39, 0.29) is 34.1 Å². The Labute approximate surface area is 207 Å². The Hall–Kier alpha value is -3.56. The molecular weight excluding hydrogens is 490 g/mol. The van der Waals surface area contributed by atoms with Gasteiger partial charge >= 0.3 is 0 Å². The average molecular weight is 512 g/mol. The van der Waals surface area contributed by atoms with E-state index in [4.69, 9.17) is 16.3 Å². The van der Waals surface area contributed by atoms with Crippen molar-refractivity contribution in [1.82, 2.24) is 0 Å². The molecule has 2 N–H and O–H groups in total. The highest BCUT2D eigenvalue weighted by molar-refractivity contribution is 7.92. The number of nitro benzene ring substituents is 1. The summed E-state index contributed by atoms with van der Waals surface area (Å²) in [5.74, 6) is 0.436. The molecule has 0 saturated heterocycles. The van der Waals surface area contributed by atoms with Crippen molar-refractivity contribution in [2.75, 3.05) is 17.1 Å². The first-order chi connectivity index (χ1) is 16.8. The van der Waals surface area contributed by atoms with Crippen LogP contribution in [0.3, 0.4) is 0 Å². The normalized spacial score (nSPS) is 20.5. The van der Waals surface area contributed by atoms with Gasteiger partial charge in [-0.2, -0.15) is 0 Å². The zero-order valence-corrected chi connectivity index (χ0v) is 20.2. The van der Waals surface area contributed by atoms with Crippen LogP contribution in [-0.4, -0.2) is 20.5 Å². The van der Waals surface area contributed by atoms with E-state index in [1.165, 1.54) is 25.3 Å². The van der Waals surface area contributed by atoms with Gasteiger partial charge in [0.15, 0.2) is 0 Å². The fourth-order valence-corrected chi connectivity index (χ4v) is 6.13. The van der Waals surface area contributed by atoms with Crippen LogP contribution in [0.1, 0.15) is 29.5 Å². The number of fused-ring (bicyclic) bond motifs is 3. The molecule has 0 unspecified atom stereocenters. The van der Waals surface area contributed by atoms with Crippen molar-refractivity contribution in [3.63, 3.8) is 0 Å². The van der Waals surface area contributed by atoms with E-state index in [0.29, 0.717) is 10.8 Å². The maximum Gasteiger partial charge on any atom is 0.269 e. The van der Waals surface area contributed by atoms with Crippen LogP contribution in [0, 0.1) is 16.0 Å². The number of hydrogen-bond acceptors (Lipinski definition) is 6. The summed E-state index contributed by atoms with van der Waals surface area (Å²) in [6, 6.07) is 16.2. The second-order valence-electron chi connectivity index (χ2n) is 8.53. The number of nitro groups is 1. The summed E-state index contributed by atoms with van der Waals surface area (Å²) in [5.41, 5.74) is 2.79. The molecule has 0 spiro atoms. The Morgan fingerprint density at radius 2 is 1.97 bits per heavy atom. The Morgan fingerprint density at radius 1 is 1.14 bits per heavy atom. The van der Waals surface area contributed by atoms with E-state index in [2.05, 4.69) is 22.2 Å². The summed E-state index contributed by atoms with van der Waals surface area (Å²) < 4.78 is 34.3. The fourth-order valence-electron chi connectivity index (χ4n) is 4.87. The molecule has 0 fully saturated rings. The molecule has 1 aliphatic carbocycles. The molecule has 3 aromatic rings. The van der Waals surface area contributed by atoms with Gasteiger partial charge in [-0.1, -0.05) is 35.9 Å². The summed E-state index contributed by atoms with van der Waals surface area (Å²) in [7, 11) is -2.47. The third-order valence-corrected chi connectivity index (χ3v) is 8.09. The lowest BCUT2D eigenvalue weighted by atomic mass is 9.77. The highest BCUT2D eigenvalue weighted by Crippen LogP contribution is 2.50. The van der Waals surface area contributed by atoms with Gasteiger partial charge in [-0.25, -0.2) is 8.42 Å². The van der Waals surface area contributed by atoms with E-state index in [1.807, 2.05) is 6.07 Å². The Bertz CT molecular complexity index is 1460. The van der Waals surface area contributed by atoms with Crippen LogP contribution < -0.4 is 14.8 Å². The lowest BCUT2D eigenvalue weighted by Gasteiger charge is -2.37. The quantitative estimate of drug-likeness (QED) is 0.243. The van der Waals surface area contributed by atoms with Crippen molar-refractivity contribution in [2.45, 2.75) is 23.3 Å². The molecule has 1 heterocycles. The highest BCUT2D eigenvalue weighted by atomic mass is 35.5. The number of methoxy groups -OCH3 is 1. The second kappa shape index (κ2) is 8.90. The van der Waals surface area contributed by atoms with Crippen molar-refractivity contribution >= 4 is 38.7 Å². The number of nitrogens with zero attached hydrogens (tertiary/aromatic N) is 1. The molecule has 5 rings (SSSR count). The minimum Gasteiger partial charge on any atom is -0.495 e. The third kappa shape index (κ3) is 4.33. The van der Waals surface area contributed by atoms with Crippen LogP contribution in [0.15, 0.2) is 77.7 Å². The van der Waals surface area contributed by atoms with Gasteiger partial charge in [-0.3, -0.25) is 14.8 Å². The maximum absolute atomic E-state index is 13.2. The Kier molecular flexibility index (Phi) is 5.90. The van der Waals surface area contributed by atoms with Crippen LogP contribution in [0.4, 0.5) is 17.1 Å². The van der Waals surface area contributed by atoms with E-state index >= 15 is 0 Å². The molecule has 0 bridgehead atoms. The molecule has 8 nitrogen and oxygen atoms in total. The summed E-state index contributed by atoms with van der Waals surface area (Å²) in [6.45, 7) is 0. The minimum absolute atomic E-state index is 0.0219. The van der Waals surface area contributed by atoms with Crippen molar-refractivity contribution < 1.29 is 18.1 Å². The largest absolute Gasteiger partial charge is 0.495 e. The zero-order valence-electron chi connectivity index (χ0n) is 18.6. The Morgan fingerprint density at radius 3 is 2.74 bits per heavy atom. The van der Waals surface area contributed by atoms with Gasteiger partial charge < -0.3 is 10.1 Å². The Balaban J connectivity index is 1.49. The van der Waals surface area contributed by atoms with E-state index < -0.39 is 14.9 Å². The van der Waals surface area contributed by atoms with Gasteiger partial charge in [-0.15, -0.1) is 0 Å². The number of allylic oxidation sites excluding steroid dienone is 2. The van der Waals surface area contributed by atoms with Crippen LogP contribution in [0.2, 0.25) is 5.02 Å². The van der Waals surface area contributed by atoms with Gasteiger partial charge in [0, 0.05) is 28.8 Å². The topological polar surface area (TPSA) is 111 Å². The maximum atomic E-state index is 13.2. The highest BCUT2D eigenvalue weighted by Gasteiger charge is 2.39. The third-order valence-electron chi connectivity index (χ3n) is 6.49. The number of halogens is 1. The van der Waals surface area contributed by atoms with E-state index in [1.54, 1.807) is 36.4 Å². The minimum atomic E-state index is -3.92. The summed E-state index contributed by atoms with van der Waals surface area (Å²) in [6.07, 6.45) is 4.94. The lowest BCUT2D eigenvalue weighted by Crippen LogP contribution is -2.29. The first-order valence-corrected chi connectivity index (χ1v) is 12.8. The van der Waals surface area contributed by atoms with E-state index in [9.17, 15) is 18.5 Å². The summed E-state index contributed by atoms with van der Waals surface area (Å²) in [5, 5.41) is 15.1. The zero-order chi connectivity index (χ0) is 24.7. The summed E-state index contributed by atoms with van der Waals surface area (Å²) in [4.78, 5) is 11.0. The molecule has 10 heteroatoms. The van der Waals surface area contributed by atoms with Crippen LogP contribution in [0.5, 0.6) is 5.75 Å². The average Bonchev–Trinajstić information content (AvgIpc) is 3.33. The van der Waals surface area contributed by atoms with E-state index in [0.717, 1.165) is 23.2 Å². The first kappa shape index (κ1) is 23.2. The first-order valence-electron chi connectivity index (χ1n) is 10.9. The smallest absolute Gasteiger partial charge is 0.269 e. The van der Waals surface area contributed by atoms with Crippen LogP contribution in [0.25, 0.3) is 0 Å². The van der Waals surface area contributed by atoms with Crippen molar-refractivity contribution in [3.8, 4) is 5.75 Å². The van der Waals surface area contributed by atoms with Crippen LogP contribution >= 0.6 is 11.6 Å². The molecule has 3 atom stereocenters. The number of non-ortho nitro benzene ring substituents is 1. The van der Waals surface area contributed by atoms with Gasteiger partial charge in [-0.05, 0) is 59.9 Å². The van der Waals surface area contributed by atoms with Gasteiger partial charge in [0.1, 0.15) is 5.75 Å². The molecule has 3 aromatic carbocycles. The molecule has 180 valence electrons. The second-order valence-corrected chi connectivity index (χ2v) is 10.6. The number of ether oxygens (including phenoxy) is 1. The number of benzene rings is 3. The van der Waals surface area contributed by atoms with Gasteiger partial charge in [0.05, 0.1) is 28.7 Å². The predicted molar refractivity (Wildman–Crippen MR) is 135 cm³/mol. The molecule has 35 heavy (non-hydrogen) atoms. The van der Waals surface area contributed by atoms with Crippen molar-refractivity contribution in [3.05, 3.63) is 99.1 Å². The molecule has 2 aliphatic rings. The van der Waals surface area contributed by atoms with Crippen molar-refractivity contribution in [1.29, 1.82) is 0 Å². The molecule has 0 aromatic heterocycles. The number of anilines is 2. The summed E-state index contributed by atoms with van der Waals surface area (Å²) >= 11 is 6.05.